The number of nitrogens with one attached hydrogen (secondary N) is 2. The van der Waals surface area contributed by atoms with Crippen LogP contribution in [0.5, 0.6) is 0 Å². The molecule has 6 nitrogen and oxygen atoms in total. The largest absolute Gasteiger partial charge is 0.356 e. The van der Waals surface area contributed by atoms with Crippen LogP contribution in [-0.2, 0) is 11.2 Å². The number of benzene rings is 1. The summed E-state index contributed by atoms with van der Waals surface area (Å²) in [5, 5.41) is 16.8. The lowest BCUT2D eigenvalue weighted by Gasteiger charge is -2.22. The van der Waals surface area contributed by atoms with Crippen LogP contribution in [0.2, 0.25) is 0 Å². The molecule has 2 rings (SSSR count). The molecule has 0 spiro atoms. The van der Waals surface area contributed by atoms with Gasteiger partial charge in [0.1, 0.15) is 0 Å². The maximum Gasteiger partial charge on any atom is 0.269 e. The number of piperidine rings is 1. The van der Waals surface area contributed by atoms with Crippen LogP contribution in [0.4, 0.5) is 5.69 Å². The zero-order valence-electron chi connectivity index (χ0n) is 13.1. The Balaban J connectivity index is 0.00000264. The van der Waals surface area contributed by atoms with Crippen molar-refractivity contribution >= 4 is 24.0 Å². The summed E-state index contributed by atoms with van der Waals surface area (Å²) in [6.07, 6.45) is 4.57. The van der Waals surface area contributed by atoms with E-state index in [-0.39, 0.29) is 24.0 Å². The van der Waals surface area contributed by atoms with Crippen molar-refractivity contribution in [2.24, 2.45) is 5.92 Å². The highest BCUT2D eigenvalue weighted by Crippen LogP contribution is 2.17. The van der Waals surface area contributed by atoms with Crippen LogP contribution in [0.15, 0.2) is 24.3 Å². The monoisotopic (exact) mass is 341 g/mol. The van der Waals surface area contributed by atoms with Crippen LogP contribution in [0.3, 0.4) is 0 Å². The quantitative estimate of drug-likeness (QED) is 0.589. The summed E-state index contributed by atoms with van der Waals surface area (Å²) in [4.78, 5) is 22.0. The van der Waals surface area contributed by atoms with Gasteiger partial charge in [-0.15, -0.1) is 12.4 Å². The molecule has 23 heavy (non-hydrogen) atoms. The van der Waals surface area contributed by atoms with Crippen molar-refractivity contribution < 1.29 is 9.72 Å². The Bertz CT molecular complexity index is 502. The van der Waals surface area contributed by atoms with Crippen molar-refractivity contribution in [1.29, 1.82) is 0 Å². The van der Waals surface area contributed by atoms with E-state index in [9.17, 15) is 14.9 Å². The van der Waals surface area contributed by atoms with Crippen molar-refractivity contribution in [3.05, 3.63) is 39.9 Å². The van der Waals surface area contributed by atoms with E-state index in [0.29, 0.717) is 25.3 Å². The van der Waals surface area contributed by atoms with E-state index in [1.807, 2.05) is 0 Å². The molecule has 1 saturated heterocycles. The first-order chi connectivity index (χ1) is 10.6. The molecule has 7 heteroatoms. The Morgan fingerprint density at radius 1 is 1.26 bits per heavy atom. The highest BCUT2D eigenvalue weighted by molar-refractivity contribution is 5.85. The first kappa shape index (κ1) is 19.4. The van der Waals surface area contributed by atoms with Crippen LogP contribution in [-0.4, -0.2) is 30.5 Å². The van der Waals surface area contributed by atoms with E-state index < -0.39 is 4.92 Å². The number of carbonyl (C=O) groups is 1. The molecular weight excluding hydrogens is 318 g/mol. The maximum atomic E-state index is 11.8. The fourth-order valence-corrected chi connectivity index (χ4v) is 2.72. The van der Waals surface area contributed by atoms with Crippen LogP contribution < -0.4 is 10.6 Å². The van der Waals surface area contributed by atoms with Crippen LogP contribution in [0.1, 0.15) is 31.2 Å². The van der Waals surface area contributed by atoms with Gasteiger partial charge < -0.3 is 10.6 Å². The maximum absolute atomic E-state index is 11.8. The number of amides is 1. The van der Waals surface area contributed by atoms with Gasteiger partial charge in [0.15, 0.2) is 0 Å². The third-order valence-electron chi connectivity index (χ3n) is 4.12. The Morgan fingerprint density at radius 3 is 2.52 bits per heavy atom. The Labute approximate surface area is 142 Å². The lowest BCUT2D eigenvalue weighted by atomic mass is 9.93. The van der Waals surface area contributed by atoms with Gasteiger partial charge in [0.25, 0.3) is 5.69 Å². The minimum absolute atomic E-state index is 0. The Morgan fingerprint density at radius 2 is 1.91 bits per heavy atom. The molecule has 1 aromatic rings. The van der Waals surface area contributed by atoms with Crippen molar-refractivity contribution in [2.75, 3.05) is 19.6 Å². The van der Waals surface area contributed by atoms with Crippen molar-refractivity contribution in [1.82, 2.24) is 10.6 Å². The van der Waals surface area contributed by atoms with Crippen LogP contribution >= 0.6 is 12.4 Å². The van der Waals surface area contributed by atoms with Gasteiger partial charge in [-0.05, 0) is 50.3 Å². The summed E-state index contributed by atoms with van der Waals surface area (Å²) >= 11 is 0. The van der Waals surface area contributed by atoms with E-state index in [0.717, 1.165) is 37.9 Å². The second-order valence-electron chi connectivity index (χ2n) is 5.76. The molecule has 1 fully saturated rings. The van der Waals surface area contributed by atoms with E-state index in [4.69, 9.17) is 0 Å². The van der Waals surface area contributed by atoms with Crippen molar-refractivity contribution in [2.45, 2.75) is 32.1 Å². The number of nitrogens with zero attached hydrogens (tertiary/aromatic N) is 1. The van der Waals surface area contributed by atoms with E-state index in [1.165, 1.54) is 12.1 Å². The van der Waals surface area contributed by atoms with Crippen LogP contribution in [0.25, 0.3) is 0 Å². The van der Waals surface area contributed by atoms with E-state index in [2.05, 4.69) is 10.6 Å². The SMILES string of the molecule is Cl.O=C(CCC1CCNCC1)NCCc1ccc([N+](=O)[O-])cc1. The molecule has 1 aliphatic heterocycles. The van der Waals surface area contributed by atoms with Gasteiger partial charge in [0, 0.05) is 25.1 Å². The third-order valence-corrected chi connectivity index (χ3v) is 4.12. The molecule has 1 heterocycles. The normalized spacial score (nSPS) is 14.8. The van der Waals surface area contributed by atoms with Gasteiger partial charge in [0.2, 0.25) is 5.91 Å². The van der Waals surface area contributed by atoms with Gasteiger partial charge in [-0.25, -0.2) is 0 Å². The number of rotatable bonds is 7. The number of halogens is 1. The molecule has 1 aromatic carbocycles. The van der Waals surface area contributed by atoms with E-state index in [1.54, 1.807) is 12.1 Å². The smallest absolute Gasteiger partial charge is 0.269 e. The standard InChI is InChI=1S/C16H23N3O3.ClH/c20-16(6-3-14-7-10-17-11-8-14)18-12-9-13-1-4-15(5-2-13)19(21)22;/h1-2,4-5,14,17H,3,6-12H2,(H,18,20);1H. The molecule has 0 radical (unpaired) electrons. The Kier molecular flexibility index (Phi) is 8.58. The van der Waals surface area contributed by atoms with E-state index >= 15 is 0 Å². The van der Waals surface area contributed by atoms with Gasteiger partial charge in [-0.3, -0.25) is 14.9 Å². The number of nitro groups is 1. The van der Waals surface area contributed by atoms with Crippen molar-refractivity contribution in [3.63, 3.8) is 0 Å². The highest BCUT2D eigenvalue weighted by atomic mass is 35.5. The lowest BCUT2D eigenvalue weighted by molar-refractivity contribution is -0.384. The molecule has 128 valence electrons. The molecule has 1 amide bonds. The van der Waals surface area contributed by atoms with Gasteiger partial charge >= 0.3 is 0 Å². The molecule has 0 bridgehead atoms. The zero-order valence-corrected chi connectivity index (χ0v) is 13.9. The fourth-order valence-electron chi connectivity index (χ4n) is 2.72. The number of hydrogen-bond acceptors (Lipinski definition) is 4. The molecule has 0 aliphatic carbocycles. The second kappa shape index (κ2) is 10.2. The summed E-state index contributed by atoms with van der Waals surface area (Å²) < 4.78 is 0. The first-order valence-corrected chi connectivity index (χ1v) is 7.86. The summed E-state index contributed by atoms with van der Waals surface area (Å²) in [7, 11) is 0. The lowest BCUT2D eigenvalue weighted by Crippen LogP contribution is -2.30. The summed E-state index contributed by atoms with van der Waals surface area (Å²) in [5.41, 5.74) is 1.08. The summed E-state index contributed by atoms with van der Waals surface area (Å²) in [6, 6.07) is 6.46. The molecule has 2 N–H and O–H groups in total. The minimum atomic E-state index is -0.410. The number of non-ortho nitro benzene ring substituents is 1. The summed E-state index contributed by atoms with van der Waals surface area (Å²) in [5.74, 6) is 0.766. The number of carbonyl (C=O) groups excluding carboxylic acids is 1. The van der Waals surface area contributed by atoms with Crippen LogP contribution in [0, 0.1) is 16.0 Å². The number of nitro benzene ring substituents is 1. The third kappa shape index (κ3) is 6.97. The van der Waals surface area contributed by atoms with Gasteiger partial charge in [0.05, 0.1) is 4.92 Å². The minimum Gasteiger partial charge on any atom is -0.356 e. The summed E-state index contributed by atoms with van der Waals surface area (Å²) in [6.45, 7) is 2.70. The van der Waals surface area contributed by atoms with Gasteiger partial charge in [-0.2, -0.15) is 0 Å². The molecule has 0 unspecified atom stereocenters. The molecule has 0 atom stereocenters. The predicted molar refractivity (Wildman–Crippen MR) is 91.9 cm³/mol. The second-order valence-corrected chi connectivity index (χ2v) is 5.76. The average Bonchev–Trinajstić information content (AvgIpc) is 2.54. The fraction of sp³-hybridized carbons (Fsp3) is 0.562. The number of hydrogen-bond donors (Lipinski definition) is 2. The topological polar surface area (TPSA) is 84.3 Å². The predicted octanol–water partition coefficient (Wildman–Crippen LogP) is 2.46. The average molecular weight is 342 g/mol. The molecule has 0 saturated carbocycles. The van der Waals surface area contributed by atoms with Crippen molar-refractivity contribution in [3.8, 4) is 0 Å². The highest BCUT2D eigenvalue weighted by Gasteiger charge is 2.14. The van der Waals surface area contributed by atoms with Gasteiger partial charge in [-0.1, -0.05) is 12.1 Å². The molecular formula is C16H24ClN3O3. The molecule has 1 aliphatic rings. The molecule has 0 aromatic heterocycles. The zero-order chi connectivity index (χ0) is 15.8. The first-order valence-electron chi connectivity index (χ1n) is 7.86. The Hall–Kier alpha value is -1.66.